The van der Waals surface area contributed by atoms with E-state index in [4.69, 9.17) is 14.5 Å². The summed E-state index contributed by atoms with van der Waals surface area (Å²) in [5.41, 5.74) is -0.735. The third-order valence-electron chi connectivity index (χ3n) is 5.20. The van der Waals surface area contributed by atoms with E-state index in [9.17, 15) is 37.9 Å². The van der Waals surface area contributed by atoms with Gasteiger partial charge in [0, 0.05) is 18.9 Å². The molecule has 2 unspecified atom stereocenters. The Kier molecular flexibility index (Phi) is 10.6. The molecule has 0 bridgehead atoms. The number of amides is 1. The number of hydrogen-bond donors (Lipinski definition) is 7. The topological polar surface area (TPSA) is 265 Å². The minimum Gasteiger partial charge on any atom is -0.387 e. The molecule has 1 amide bonds. The van der Waals surface area contributed by atoms with Crippen LogP contribution in [-0.2, 0) is 31.6 Å². The number of hydrogen-bond acceptors (Lipinski definition) is 11. The van der Waals surface area contributed by atoms with E-state index >= 15 is 0 Å². The molecular formula is C20H25N4O14P3. The summed E-state index contributed by atoms with van der Waals surface area (Å²) < 4.78 is 52.4. The number of anilines is 1. The molecule has 1 aromatic heterocycles. The number of nitrogens with one attached hydrogen (secondary N) is 3. The molecule has 3 rings (SSSR count). The van der Waals surface area contributed by atoms with Crippen molar-refractivity contribution in [3.8, 4) is 11.8 Å². The number of aromatic amines is 1. The smallest absolute Gasteiger partial charge is 0.387 e. The number of ether oxygens (including phenoxy) is 1. The fourth-order valence-electron chi connectivity index (χ4n) is 3.54. The van der Waals surface area contributed by atoms with Crippen molar-refractivity contribution in [2.75, 3.05) is 25.5 Å². The molecule has 0 aliphatic carbocycles. The van der Waals surface area contributed by atoms with Gasteiger partial charge in [0.15, 0.2) is 0 Å². The van der Waals surface area contributed by atoms with E-state index in [0.717, 1.165) is 10.8 Å². The molecule has 1 aliphatic heterocycles. The third kappa shape index (κ3) is 9.86. The van der Waals surface area contributed by atoms with Crippen molar-refractivity contribution in [1.29, 1.82) is 0 Å². The zero-order valence-corrected chi connectivity index (χ0v) is 23.7. The van der Waals surface area contributed by atoms with Gasteiger partial charge in [0.25, 0.3) is 11.5 Å². The molecular weight excluding hydrogens is 613 g/mol. The first-order chi connectivity index (χ1) is 19.1. The first-order valence-electron chi connectivity index (χ1n) is 11.4. The molecule has 2 heterocycles. The second-order valence-corrected chi connectivity index (χ2v) is 12.6. The zero-order chi connectivity index (χ0) is 30.4. The van der Waals surface area contributed by atoms with Gasteiger partial charge < -0.3 is 34.9 Å². The van der Waals surface area contributed by atoms with Crippen LogP contribution in [0.25, 0.3) is 0 Å². The first kappa shape index (κ1) is 32.6. The van der Waals surface area contributed by atoms with Gasteiger partial charge >= 0.3 is 29.2 Å². The predicted molar refractivity (Wildman–Crippen MR) is 139 cm³/mol. The monoisotopic (exact) mass is 638 g/mol. The maximum absolute atomic E-state index is 12.4. The second-order valence-electron chi connectivity index (χ2n) is 8.17. The summed E-state index contributed by atoms with van der Waals surface area (Å²) >= 11 is 0. The fraction of sp³-hybridized carbons (Fsp3) is 0.350. The van der Waals surface area contributed by atoms with E-state index in [0.29, 0.717) is 11.3 Å². The van der Waals surface area contributed by atoms with Crippen LogP contribution in [0.2, 0.25) is 0 Å². The van der Waals surface area contributed by atoms with Gasteiger partial charge in [0.2, 0.25) is 0 Å². The van der Waals surface area contributed by atoms with Crippen molar-refractivity contribution in [2.45, 2.75) is 25.2 Å². The Morgan fingerprint density at radius 3 is 2.51 bits per heavy atom. The lowest BCUT2D eigenvalue weighted by Gasteiger charge is -2.19. The standard InChI is InChI=1S/C20H25N4O14P3/c1-21-16-7-3-2-6-15(16)19(26)22-10-4-5-13-11-24(20(27)23-18(13)25)17-9-8-14(36-17)12-35-40(31,32)38-41(33,34)37-39(28,29)30/h2-3,6-7,11,14,17,21H,8-10,12H2,1H3,(H,22,26)(H,31,32)(H,33,34)(H,23,25,27)(H2,28,29,30)/t14-,17+/m0/s1. The summed E-state index contributed by atoms with van der Waals surface area (Å²) in [7, 11) is -14.9. The maximum atomic E-state index is 12.4. The van der Waals surface area contributed by atoms with Crippen LogP contribution in [0.15, 0.2) is 40.1 Å². The number of carbonyl (C=O) groups is 1. The highest BCUT2D eigenvalue weighted by Gasteiger charge is 2.41. The Labute approximate surface area is 231 Å². The molecule has 1 fully saturated rings. The highest BCUT2D eigenvalue weighted by Crippen LogP contribution is 2.66. The number of benzene rings is 1. The van der Waals surface area contributed by atoms with E-state index in [1.807, 2.05) is 0 Å². The summed E-state index contributed by atoms with van der Waals surface area (Å²) in [4.78, 5) is 74.9. The normalized spacial score (nSPS) is 19.8. The zero-order valence-electron chi connectivity index (χ0n) is 21.0. The molecule has 0 spiro atoms. The van der Waals surface area contributed by atoms with Gasteiger partial charge in [-0.3, -0.25) is 23.7 Å². The van der Waals surface area contributed by atoms with Crippen molar-refractivity contribution in [1.82, 2.24) is 14.9 Å². The Hall–Kier alpha value is -2.90. The van der Waals surface area contributed by atoms with Gasteiger partial charge in [0.1, 0.15) is 11.8 Å². The highest BCUT2D eigenvalue weighted by atomic mass is 31.3. The molecule has 0 saturated carbocycles. The third-order valence-corrected chi connectivity index (χ3v) is 9.01. The fourth-order valence-corrected chi connectivity index (χ4v) is 6.59. The number of phosphoric ester groups is 1. The van der Waals surface area contributed by atoms with Crippen LogP contribution in [0, 0.1) is 11.8 Å². The number of rotatable bonds is 11. The molecule has 0 radical (unpaired) electrons. The Balaban J connectivity index is 1.60. The minimum atomic E-state index is -5.67. The minimum absolute atomic E-state index is 0.113. The van der Waals surface area contributed by atoms with E-state index in [1.54, 1.807) is 31.3 Å². The average molecular weight is 638 g/mol. The van der Waals surface area contributed by atoms with Crippen molar-refractivity contribution in [3.63, 3.8) is 0 Å². The number of nitrogens with zero attached hydrogens (tertiary/aromatic N) is 1. The van der Waals surface area contributed by atoms with Crippen LogP contribution >= 0.6 is 23.5 Å². The van der Waals surface area contributed by atoms with Crippen LogP contribution in [0.5, 0.6) is 0 Å². The summed E-state index contributed by atoms with van der Waals surface area (Å²) in [5.74, 6) is 4.79. The van der Waals surface area contributed by atoms with Crippen LogP contribution in [0.4, 0.5) is 5.69 Å². The number of para-hydroxylation sites is 1. The second kappa shape index (κ2) is 13.4. The Bertz CT molecular complexity index is 1610. The largest absolute Gasteiger partial charge is 0.490 e. The Morgan fingerprint density at radius 2 is 1.83 bits per heavy atom. The van der Waals surface area contributed by atoms with Crippen LogP contribution in [-0.4, -0.2) is 61.3 Å². The summed E-state index contributed by atoms with van der Waals surface area (Å²) in [6.07, 6.45) is -0.431. The molecule has 1 aliphatic rings. The van der Waals surface area contributed by atoms with Crippen molar-refractivity contribution in [2.24, 2.45) is 0 Å². The van der Waals surface area contributed by atoms with Crippen molar-refractivity contribution >= 4 is 35.1 Å². The molecule has 18 nitrogen and oxygen atoms in total. The van der Waals surface area contributed by atoms with E-state index in [2.05, 4.69) is 40.6 Å². The molecule has 2 aromatic rings. The molecule has 7 N–H and O–H groups in total. The van der Waals surface area contributed by atoms with E-state index in [-0.39, 0.29) is 24.9 Å². The van der Waals surface area contributed by atoms with Gasteiger partial charge in [-0.25, -0.2) is 18.5 Å². The summed E-state index contributed by atoms with van der Waals surface area (Å²) in [5, 5.41) is 5.49. The van der Waals surface area contributed by atoms with Gasteiger partial charge in [0.05, 0.1) is 24.8 Å². The molecule has 4 atom stereocenters. The van der Waals surface area contributed by atoms with Crippen LogP contribution < -0.4 is 21.9 Å². The van der Waals surface area contributed by atoms with Crippen LogP contribution in [0.3, 0.4) is 0 Å². The van der Waals surface area contributed by atoms with Crippen LogP contribution in [0.1, 0.15) is 35.0 Å². The summed E-state index contributed by atoms with van der Waals surface area (Å²) in [6, 6.07) is 6.80. The number of H-pyrrole nitrogens is 1. The number of carbonyl (C=O) groups excluding carboxylic acids is 1. The Morgan fingerprint density at radius 1 is 1.12 bits per heavy atom. The number of aromatic nitrogens is 2. The molecule has 1 aromatic carbocycles. The van der Waals surface area contributed by atoms with Gasteiger partial charge in [-0.15, -0.1) is 0 Å². The van der Waals surface area contributed by atoms with Crippen molar-refractivity contribution < 1.29 is 55.9 Å². The lowest BCUT2D eigenvalue weighted by atomic mass is 10.1. The highest BCUT2D eigenvalue weighted by molar-refractivity contribution is 7.66. The predicted octanol–water partition coefficient (Wildman–Crippen LogP) is 0.381. The van der Waals surface area contributed by atoms with E-state index < -0.39 is 59.6 Å². The first-order valence-corrected chi connectivity index (χ1v) is 15.9. The van der Waals surface area contributed by atoms with Gasteiger partial charge in [-0.1, -0.05) is 24.0 Å². The quantitative estimate of drug-likeness (QED) is 0.130. The molecule has 41 heavy (non-hydrogen) atoms. The lowest BCUT2D eigenvalue weighted by Crippen LogP contribution is -2.33. The SMILES string of the molecule is CNc1ccccc1C(=O)NCC#Cc1cn([C@H]2CC[C@@H](COP(=O)(O)OP(=O)(O)OP(=O)(O)O)O2)c(=O)[nH]c1=O. The average Bonchev–Trinajstić information content (AvgIpc) is 3.33. The van der Waals surface area contributed by atoms with Crippen molar-refractivity contribution in [3.05, 3.63) is 62.4 Å². The number of phosphoric acid groups is 3. The molecule has 1 saturated heterocycles. The van der Waals surface area contributed by atoms with Gasteiger partial charge in [-0.05, 0) is 25.0 Å². The lowest BCUT2D eigenvalue weighted by molar-refractivity contribution is -0.0243. The molecule has 224 valence electrons. The summed E-state index contributed by atoms with van der Waals surface area (Å²) in [6.45, 7) is -0.806. The maximum Gasteiger partial charge on any atom is 0.490 e. The van der Waals surface area contributed by atoms with E-state index in [1.165, 1.54) is 0 Å². The van der Waals surface area contributed by atoms with Gasteiger partial charge in [-0.2, -0.15) is 8.62 Å². The molecule has 21 heteroatoms.